The van der Waals surface area contributed by atoms with Gasteiger partial charge in [0.05, 0.1) is 22.7 Å². The molecule has 1 aliphatic rings. The van der Waals surface area contributed by atoms with Crippen molar-refractivity contribution in [2.24, 2.45) is 0 Å². The van der Waals surface area contributed by atoms with Gasteiger partial charge in [0.25, 0.3) is 0 Å². The van der Waals surface area contributed by atoms with E-state index in [-0.39, 0.29) is 21.9 Å². The quantitative estimate of drug-likeness (QED) is 0.606. The van der Waals surface area contributed by atoms with Gasteiger partial charge in [-0.25, -0.2) is 12.8 Å². The van der Waals surface area contributed by atoms with Crippen LogP contribution in [0.3, 0.4) is 0 Å². The molecule has 0 aliphatic carbocycles. The van der Waals surface area contributed by atoms with E-state index >= 15 is 0 Å². The molecule has 0 atom stereocenters. The maximum absolute atomic E-state index is 14.2. The largest absolute Gasteiger partial charge is 0.367 e. The van der Waals surface area contributed by atoms with Crippen molar-refractivity contribution in [3.63, 3.8) is 0 Å². The van der Waals surface area contributed by atoms with E-state index < -0.39 is 21.7 Å². The standard InChI is InChI=1S/C23H30ClFN4O3S/c1-4-29(5-2)33(31,32)17-9-10-22(28-13-11-27(3)12-14-28)21(15-17)26-23(30)16-18-19(24)7-6-8-20(18)25/h6-10,15H,4-5,11-14,16H2,1-3H3,(H,26,30). The Bertz CT molecular complexity index is 1080. The Balaban J connectivity index is 1.95. The zero-order valence-corrected chi connectivity index (χ0v) is 20.7. The number of amides is 1. The molecule has 1 heterocycles. The maximum Gasteiger partial charge on any atom is 0.243 e. The van der Waals surface area contributed by atoms with Crippen LogP contribution in [0.15, 0.2) is 41.3 Å². The molecular weight excluding hydrogens is 467 g/mol. The first-order valence-corrected chi connectivity index (χ1v) is 12.8. The van der Waals surface area contributed by atoms with Crippen molar-refractivity contribution in [2.45, 2.75) is 25.2 Å². The number of likely N-dealkylation sites (N-methyl/N-ethyl adjacent to an activating group) is 1. The highest BCUT2D eigenvalue weighted by Gasteiger charge is 2.25. The van der Waals surface area contributed by atoms with Crippen LogP contribution < -0.4 is 10.2 Å². The molecule has 7 nitrogen and oxygen atoms in total. The molecule has 0 radical (unpaired) electrons. The molecule has 10 heteroatoms. The van der Waals surface area contributed by atoms with Gasteiger partial charge in [-0.1, -0.05) is 31.5 Å². The van der Waals surface area contributed by atoms with Crippen molar-refractivity contribution in [1.29, 1.82) is 0 Å². The monoisotopic (exact) mass is 496 g/mol. The Labute approximate surface area is 200 Å². The van der Waals surface area contributed by atoms with Crippen molar-refractivity contribution in [3.8, 4) is 0 Å². The number of piperazine rings is 1. The predicted molar refractivity (Wildman–Crippen MR) is 130 cm³/mol. The van der Waals surface area contributed by atoms with Gasteiger partial charge in [0.2, 0.25) is 15.9 Å². The Morgan fingerprint density at radius 1 is 1.12 bits per heavy atom. The highest BCUT2D eigenvalue weighted by molar-refractivity contribution is 7.89. The van der Waals surface area contributed by atoms with Gasteiger partial charge in [-0.3, -0.25) is 4.79 Å². The van der Waals surface area contributed by atoms with Crippen LogP contribution in [0.1, 0.15) is 19.4 Å². The Morgan fingerprint density at radius 3 is 2.39 bits per heavy atom. The minimum atomic E-state index is -3.71. The molecule has 1 amide bonds. The average molecular weight is 497 g/mol. The van der Waals surface area contributed by atoms with Crippen molar-refractivity contribution >= 4 is 38.9 Å². The second kappa shape index (κ2) is 10.8. The summed E-state index contributed by atoms with van der Waals surface area (Å²) in [7, 11) is -1.67. The summed E-state index contributed by atoms with van der Waals surface area (Å²) in [5, 5.41) is 2.98. The summed E-state index contributed by atoms with van der Waals surface area (Å²) >= 11 is 6.08. The number of carbonyl (C=O) groups is 1. The van der Waals surface area contributed by atoms with Gasteiger partial charge in [-0.15, -0.1) is 0 Å². The molecule has 0 aromatic heterocycles. The molecule has 0 unspecified atom stereocenters. The van der Waals surface area contributed by atoms with Crippen LogP contribution in [0.25, 0.3) is 0 Å². The van der Waals surface area contributed by atoms with Crippen molar-refractivity contribution in [2.75, 3.05) is 56.5 Å². The molecular formula is C23H30ClFN4O3S. The van der Waals surface area contributed by atoms with Gasteiger partial charge in [0.15, 0.2) is 0 Å². The number of nitrogens with one attached hydrogen (secondary N) is 1. The number of anilines is 2. The predicted octanol–water partition coefficient (Wildman–Crippen LogP) is 3.44. The van der Waals surface area contributed by atoms with E-state index in [9.17, 15) is 17.6 Å². The molecule has 0 bridgehead atoms. The van der Waals surface area contributed by atoms with Crippen LogP contribution in [0, 0.1) is 5.82 Å². The first-order chi connectivity index (χ1) is 15.7. The minimum absolute atomic E-state index is 0.100. The lowest BCUT2D eigenvalue weighted by molar-refractivity contribution is -0.115. The molecule has 0 spiro atoms. The normalized spacial score (nSPS) is 15.2. The van der Waals surface area contributed by atoms with Crippen molar-refractivity contribution < 1.29 is 17.6 Å². The number of benzene rings is 2. The lowest BCUT2D eigenvalue weighted by Gasteiger charge is -2.35. The number of rotatable bonds is 8. The summed E-state index contributed by atoms with van der Waals surface area (Å²) in [6, 6.07) is 9.05. The second-order valence-corrected chi connectivity index (χ2v) is 10.3. The summed E-state index contributed by atoms with van der Waals surface area (Å²) < 4.78 is 41.7. The SMILES string of the molecule is CCN(CC)S(=O)(=O)c1ccc(N2CCN(C)CC2)c(NC(=O)Cc2c(F)cccc2Cl)c1. The van der Waals surface area contributed by atoms with Gasteiger partial charge in [0, 0.05) is 49.9 Å². The van der Waals surface area contributed by atoms with Gasteiger partial charge < -0.3 is 15.1 Å². The number of hydrogen-bond donors (Lipinski definition) is 1. The van der Waals surface area contributed by atoms with Gasteiger partial charge >= 0.3 is 0 Å². The molecule has 2 aromatic carbocycles. The highest BCUT2D eigenvalue weighted by Crippen LogP contribution is 2.31. The zero-order chi connectivity index (χ0) is 24.2. The van der Waals surface area contributed by atoms with Crippen LogP contribution in [0.2, 0.25) is 5.02 Å². The van der Waals surface area contributed by atoms with Crippen LogP contribution >= 0.6 is 11.6 Å². The highest BCUT2D eigenvalue weighted by atomic mass is 35.5. The van der Waals surface area contributed by atoms with E-state index in [1.165, 1.54) is 28.6 Å². The van der Waals surface area contributed by atoms with E-state index in [2.05, 4.69) is 15.1 Å². The van der Waals surface area contributed by atoms with Gasteiger partial charge in [0.1, 0.15) is 5.82 Å². The zero-order valence-electron chi connectivity index (χ0n) is 19.1. The fourth-order valence-corrected chi connectivity index (χ4v) is 5.58. The number of sulfonamides is 1. The van der Waals surface area contributed by atoms with Crippen LogP contribution in [0.5, 0.6) is 0 Å². The number of hydrogen-bond acceptors (Lipinski definition) is 5. The summed E-state index contributed by atoms with van der Waals surface area (Å²) in [5.41, 5.74) is 1.21. The fraction of sp³-hybridized carbons (Fsp3) is 0.435. The molecule has 1 aliphatic heterocycles. The van der Waals surface area contributed by atoms with E-state index in [4.69, 9.17) is 11.6 Å². The Kier molecular flexibility index (Phi) is 8.33. The van der Waals surface area contributed by atoms with Crippen LogP contribution in [-0.2, 0) is 21.2 Å². The maximum atomic E-state index is 14.2. The third kappa shape index (κ3) is 5.84. The molecule has 0 saturated carbocycles. The van der Waals surface area contributed by atoms with E-state index in [0.717, 1.165) is 31.9 Å². The molecule has 1 saturated heterocycles. The van der Waals surface area contributed by atoms with Gasteiger partial charge in [-0.2, -0.15) is 4.31 Å². The lowest BCUT2D eigenvalue weighted by atomic mass is 10.1. The van der Waals surface area contributed by atoms with Crippen molar-refractivity contribution in [1.82, 2.24) is 9.21 Å². The minimum Gasteiger partial charge on any atom is -0.367 e. The first-order valence-electron chi connectivity index (χ1n) is 11.0. The summed E-state index contributed by atoms with van der Waals surface area (Å²) in [5.74, 6) is -1.04. The average Bonchev–Trinajstić information content (AvgIpc) is 2.78. The Morgan fingerprint density at radius 2 is 1.79 bits per heavy atom. The molecule has 1 N–H and O–H groups in total. The second-order valence-electron chi connectivity index (χ2n) is 7.98. The number of carbonyl (C=O) groups excluding carboxylic acids is 1. The lowest BCUT2D eigenvalue weighted by Crippen LogP contribution is -2.44. The summed E-state index contributed by atoms with van der Waals surface area (Å²) in [4.78, 5) is 17.3. The third-order valence-corrected chi connectivity index (χ3v) is 8.23. The van der Waals surface area contributed by atoms with Crippen LogP contribution in [0.4, 0.5) is 15.8 Å². The first kappa shape index (κ1) is 25.4. The van der Waals surface area contributed by atoms with Gasteiger partial charge in [-0.05, 0) is 37.4 Å². The molecule has 2 aromatic rings. The molecule has 180 valence electrons. The Hall–Kier alpha value is -2.20. The fourth-order valence-electron chi connectivity index (χ4n) is 3.87. The number of nitrogens with zero attached hydrogens (tertiary/aromatic N) is 3. The van der Waals surface area contributed by atoms with Crippen LogP contribution in [-0.4, -0.2) is 69.8 Å². The molecule has 1 fully saturated rings. The summed E-state index contributed by atoms with van der Waals surface area (Å²) in [6.45, 7) is 7.40. The van der Waals surface area contributed by atoms with Crippen molar-refractivity contribution in [3.05, 3.63) is 52.8 Å². The van der Waals surface area contributed by atoms with E-state index in [0.29, 0.717) is 18.8 Å². The topological polar surface area (TPSA) is 73.0 Å². The molecule has 3 rings (SSSR count). The van der Waals surface area contributed by atoms with E-state index in [1.54, 1.807) is 26.0 Å². The van der Waals surface area contributed by atoms with E-state index in [1.807, 2.05) is 7.05 Å². The molecule has 33 heavy (non-hydrogen) atoms. The number of halogens is 2. The third-order valence-electron chi connectivity index (χ3n) is 5.83. The summed E-state index contributed by atoms with van der Waals surface area (Å²) in [6.07, 6.45) is -0.263. The smallest absolute Gasteiger partial charge is 0.243 e.